The third-order valence-electron chi connectivity index (χ3n) is 2.69. The molecule has 0 fully saturated rings. The van der Waals surface area contributed by atoms with Gasteiger partial charge in [-0.2, -0.15) is 13.2 Å². The van der Waals surface area contributed by atoms with E-state index in [1.54, 1.807) is 0 Å². The van der Waals surface area contributed by atoms with Crippen LogP contribution >= 0.6 is 0 Å². The largest absolute Gasteiger partial charge is 0.467 e. The number of carbonyl (C=O) groups is 1. The summed E-state index contributed by atoms with van der Waals surface area (Å²) in [5, 5.41) is 0. The van der Waals surface area contributed by atoms with Crippen molar-refractivity contribution < 1.29 is 26.8 Å². The fourth-order valence-corrected chi connectivity index (χ4v) is 1.81. The van der Waals surface area contributed by atoms with Gasteiger partial charge in [-0.25, -0.2) is 4.39 Å². The van der Waals surface area contributed by atoms with Gasteiger partial charge in [0.2, 0.25) is 0 Å². The average Bonchev–Trinajstić information content (AvgIpc) is 2.89. The zero-order valence-corrected chi connectivity index (χ0v) is 10.7. The lowest BCUT2D eigenvalue weighted by Crippen LogP contribution is -2.38. The number of amides is 1. The minimum atomic E-state index is -4.59. The summed E-state index contributed by atoms with van der Waals surface area (Å²) >= 11 is 0. The van der Waals surface area contributed by atoms with Crippen molar-refractivity contribution in [3.8, 4) is 0 Å². The number of rotatable bonds is 4. The fraction of sp³-hybridized carbons (Fsp3) is 0.214. The summed E-state index contributed by atoms with van der Waals surface area (Å²) in [6.45, 7) is -1.87. The molecule has 1 aromatic carbocycles. The molecule has 2 aromatic rings. The zero-order valence-electron chi connectivity index (χ0n) is 10.7. The number of furan rings is 1. The van der Waals surface area contributed by atoms with Gasteiger partial charge in [-0.15, -0.1) is 0 Å². The first-order chi connectivity index (χ1) is 9.87. The molecule has 0 atom stereocenters. The van der Waals surface area contributed by atoms with E-state index in [1.807, 2.05) is 0 Å². The van der Waals surface area contributed by atoms with Gasteiger partial charge < -0.3 is 9.32 Å². The molecule has 21 heavy (non-hydrogen) atoms. The molecule has 0 bridgehead atoms. The first-order valence-electron chi connectivity index (χ1n) is 6.00. The normalized spacial score (nSPS) is 11.4. The van der Waals surface area contributed by atoms with Crippen LogP contribution < -0.4 is 0 Å². The second-order valence-electron chi connectivity index (χ2n) is 4.34. The Morgan fingerprint density at radius 3 is 2.43 bits per heavy atom. The maximum absolute atomic E-state index is 13.6. The van der Waals surface area contributed by atoms with Crippen LogP contribution in [0.5, 0.6) is 0 Å². The number of benzene rings is 1. The summed E-state index contributed by atoms with van der Waals surface area (Å²) < 4.78 is 56.3. The lowest BCUT2D eigenvalue weighted by atomic mass is 10.2. The Balaban J connectivity index is 2.26. The number of nitrogens with zero attached hydrogens (tertiary/aromatic N) is 1. The van der Waals surface area contributed by atoms with E-state index in [1.165, 1.54) is 30.5 Å². The van der Waals surface area contributed by atoms with Gasteiger partial charge in [0.05, 0.1) is 18.4 Å². The van der Waals surface area contributed by atoms with Crippen molar-refractivity contribution in [2.75, 3.05) is 6.54 Å². The van der Waals surface area contributed by atoms with Gasteiger partial charge in [-0.3, -0.25) is 4.79 Å². The van der Waals surface area contributed by atoms with Crippen molar-refractivity contribution >= 4 is 5.91 Å². The molecule has 1 heterocycles. The van der Waals surface area contributed by atoms with Crippen molar-refractivity contribution in [1.29, 1.82) is 0 Å². The molecule has 0 unspecified atom stereocenters. The molecular formula is C14H11F4NO2. The van der Waals surface area contributed by atoms with E-state index in [-0.39, 0.29) is 12.3 Å². The molecule has 0 saturated carbocycles. The molecule has 3 nitrogen and oxygen atoms in total. The molecule has 2 rings (SSSR count). The Labute approximate surface area is 117 Å². The maximum Gasteiger partial charge on any atom is 0.406 e. The molecular weight excluding hydrogens is 290 g/mol. The van der Waals surface area contributed by atoms with Gasteiger partial charge in [-0.1, -0.05) is 12.1 Å². The number of hydrogen-bond donors (Lipinski definition) is 0. The third-order valence-corrected chi connectivity index (χ3v) is 2.69. The minimum absolute atomic E-state index is 0.184. The first-order valence-corrected chi connectivity index (χ1v) is 6.00. The second kappa shape index (κ2) is 5.99. The lowest BCUT2D eigenvalue weighted by Gasteiger charge is -2.23. The maximum atomic E-state index is 13.6. The minimum Gasteiger partial charge on any atom is -0.467 e. The molecule has 0 spiro atoms. The van der Waals surface area contributed by atoms with Gasteiger partial charge >= 0.3 is 6.18 Å². The molecule has 0 saturated heterocycles. The van der Waals surface area contributed by atoms with Gasteiger partial charge in [-0.05, 0) is 24.3 Å². The standard InChI is InChI=1S/C14H11F4NO2/c15-12-6-2-1-5-11(12)13(20)19(9-14(16,17)18)8-10-4-3-7-21-10/h1-7H,8-9H2. The number of hydrogen-bond acceptors (Lipinski definition) is 2. The van der Waals surface area contributed by atoms with E-state index in [9.17, 15) is 22.4 Å². The van der Waals surface area contributed by atoms with Crippen molar-refractivity contribution in [2.24, 2.45) is 0 Å². The van der Waals surface area contributed by atoms with Gasteiger partial charge in [0.25, 0.3) is 5.91 Å². The van der Waals surface area contributed by atoms with Crippen LogP contribution in [0.2, 0.25) is 0 Å². The van der Waals surface area contributed by atoms with Crippen LogP contribution in [0, 0.1) is 5.82 Å². The van der Waals surface area contributed by atoms with Gasteiger partial charge in [0.1, 0.15) is 18.1 Å². The van der Waals surface area contributed by atoms with Crippen LogP contribution in [0.1, 0.15) is 16.1 Å². The highest BCUT2D eigenvalue weighted by Crippen LogP contribution is 2.21. The molecule has 0 aliphatic heterocycles. The van der Waals surface area contributed by atoms with Crippen molar-refractivity contribution in [1.82, 2.24) is 4.90 Å². The highest BCUT2D eigenvalue weighted by molar-refractivity contribution is 5.94. The van der Waals surface area contributed by atoms with Crippen LogP contribution in [-0.2, 0) is 6.54 Å². The summed E-state index contributed by atoms with van der Waals surface area (Å²) in [6.07, 6.45) is -3.30. The number of halogens is 4. The smallest absolute Gasteiger partial charge is 0.406 e. The van der Waals surface area contributed by atoms with Crippen LogP contribution in [-0.4, -0.2) is 23.5 Å². The van der Waals surface area contributed by atoms with Crippen LogP contribution in [0.4, 0.5) is 17.6 Å². The fourth-order valence-electron chi connectivity index (χ4n) is 1.81. The highest BCUT2D eigenvalue weighted by Gasteiger charge is 2.34. The molecule has 7 heteroatoms. The zero-order chi connectivity index (χ0) is 15.5. The Morgan fingerprint density at radius 2 is 1.86 bits per heavy atom. The molecule has 0 aliphatic carbocycles. The third kappa shape index (κ3) is 4.08. The van der Waals surface area contributed by atoms with Crippen molar-refractivity contribution in [2.45, 2.75) is 12.7 Å². The van der Waals surface area contributed by atoms with E-state index in [0.29, 0.717) is 4.90 Å². The first kappa shape index (κ1) is 15.1. The summed E-state index contributed by atoms with van der Waals surface area (Å²) in [5.41, 5.74) is -0.409. The van der Waals surface area contributed by atoms with Crippen molar-refractivity contribution in [3.05, 3.63) is 59.8 Å². The van der Waals surface area contributed by atoms with Crippen LogP contribution in [0.15, 0.2) is 47.1 Å². The molecule has 1 aromatic heterocycles. The Bertz CT molecular complexity index is 608. The van der Waals surface area contributed by atoms with Crippen molar-refractivity contribution in [3.63, 3.8) is 0 Å². The van der Waals surface area contributed by atoms with E-state index < -0.39 is 30.0 Å². The SMILES string of the molecule is O=C(c1ccccc1F)N(Cc1ccco1)CC(F)(F)F. The lowest BCUT2D eigenvalue weighted by molar-refractivity contribution is -0.142. The van der Waals surface area contributed by atoms with Crippen LogP contribution in [0.25, 0.3) is 0 Å². The van der Waals surface area contributed by atoms with E-state index >= 15 is 0 Å². The van der Waals surface area contributed by atoms with Crippen LogP contribution in [0.3, 0.4) is 0 Å². The Morgan fingerprint density at radius 1 is 1.14 bits per heavy atom. The van der Waals surface area contributed by atoms with Gasteiger partial charge in [0.15, 0.2) is 0 Å². The van der Waals surface area contributed by atoms with E-state index in [2.05, 4.69) is 0 Å². The molecule has 0 aliphatic rings. The predicted octanol–water partition coefficient (Wildman–Crippen LogP) is 3.62. The summed E-state index contributed by atoms with van der Waals surface area (Å²) in [7, 11) is 0. The quantitative estimate of drug-likeness (QED) is 0.808. The topological polar surface area (TPSA) is 33.5 Å². The van der Waals surface area contributed by atoms with E-state index in [4.69, 9.17) is 4.42 Å². The Hall–Kier alpha value is -2.31. The van der Waals surface area contributed by atoms with Gasteiger partial charge in [0, 0.05) is 0 Å². The Kier molecular flexibility index (Phi) is 4.30. The number of carbonyl (C=O) groups excluding carboxylic acids is 1. The highest BCUT2D eigenvalue weighted by atomic mass is 19.4. The summed E-state index contributed by atoms with van der Waals surface area (Å²) in [5.74, 6) is -1.72. The number of alkyl halides is 3. The monoisotopic (exact) mass is 301 g/mol. The predicted molar refractivity (Wildman–Crippen MR) is 65.9 cm³/mol. The van der Waals surface area contributed by atoms with E-state index in [0.717, 1.165) is 12.1 Å². The molecule has 1 amide bonds. The second-order valence-corrected chi connectivity index (χ2v) is 4.34. The molecule has 112 valence electrons. The average molecular weight is 301 g/mol. The summed E-state index contributed by atoms with van der Waals surface area (Å²) in [4.78, 5) is 12.6. The molecule has 0 N–H and O–H groups in total. The molecule has 0 radical (unpaired) electrons. The summed E-state index contributed by atoms with van der Waals surface area (Å²) in [6, 6.07) is 7.84.